The second-order valence-electron chi connectivity index (χ2n) is 4.41. The maximum Gasteiger partial charge on any atom is 0.223 e. The second kappa shape index (κ2) is 6.81. The van der Waals surface area contributed by atoms with E-state index in [0.29, 0.717) is 23.7 Å². The van der Waals surface area contributed by atoms with E-state index >= 15 is 0 Å². The van der Waals surface area contributed by atoms with Crippen LogP contribution in [0.1, 0.15) is 18.1 Å². The standard InChI is InChI=1S/C15H16BrFN2O/c1-3-18-8-11-6-13(17)9-19-15(11)20-14-7-12(16)5-4-10(14)2/h4-7,9,18H,3,8H2,1-2H3. The molecular formula is C15H16BrFN2O. The normalized spacial score (nSPS) is 10.6. The molecule has 0 radical (unpaired) electrons. The monoisotopic (exact) mass is 338 g/mol. The zero-order valence-corrected chi connectivity index (χ0v) is 13.0. The Morgan fingerprint density at radius 2 is 2.15 bits per heavy atom. The number of nitrogens with zero attached hydrogens (tertiary/aromatic N) is 1. The summed E-state index contributed by atoms with van der Waals surface area (Å²) in [6, 6.07) is 7.21. The van der Waals surface area contributed by atoms with E-state index in [2.05, 4.69) is 26.2 Å². The van der Waals surface area contributed by atoms with Crippen molar-refractivity contribution in [1.29, 1.82) is 0 Å². The molecule has 0 saturated heterocycles. The number of ether oxygens (including phenoxy) is 1. The topological polar surface area (TPSA) is 34.2 Å². The molecule has 0 amide bonds. The lowest BCUT2D eigenvalue weighted by atomic mass is 10.2. The highest BCUT2D eigenvalue weighted by atomic mass is 79.9. The smallest absolute Gasteiger partial charge is 0.223 e. The van der Waals surface area contributed by atoms with Gasteiger partial charge in [0.25, 0.3) is 0 Å². The first-order valence-corrected chi connectivity index (χ1v) is 7.18. The van der Waals surface area contributed by atoms with Gasteiger partial charge in [-0.3, -0.25) is 0 Å². The summed E-state index contributed by atoms with van der Waals surface area (Å²) in [7, 11) is 0. The van der Waals surface area contributed by atoms with Crippen LogP contribution in [0.4, 0.5) is 4.39 Å². The molecule has 0 fully saturated rings. The fraction of sp³-hybridized carbons (Fsp3) is 0.267. The number of aromatic nitrogens is 1. The molecule has 2 rings (SSSR count). The highest BCUT2D eigenvalue weighted by Crippen LogP contribution is 2.29. The van der Waals surface area contributed by atoms with E-state index in [1.54, 1.807) is 0 Å². The van der Waals surface area contributed by atoms with E-state index in [1.165, 1.54) is 6.07 Å². The van der Waals surface area contributed by atoms with Gasteiger partial charge in [0.15, 0.2) is 0 Å². The highest BCUT2D eigenvalue weighted by molar-refractivity contribution is 9.10. The number of pyridine rings is 1. The van der Waals surface area contributed by atoms with E-state index < -0.39 is 0 Å². The van der Waals surface area contributed by atoms with Crippen molar-refractivity contribution < 1.29 is 9.13 Å². The van der Waals surface area contributed by atoms with E-state index in [0.717, 1.165) is 22.8 Å². The molecule has 0 atom stereocenters. The Morgan fingerprint density at radius 1 is 1.35 bits per heavy atom. The maximum atomic E-state index is 13.3. The highest BCUT2D eigenvalue weighted by Gasteiger charge is 2.10. The number of nitrogens with one attached hydrogen (secondary N) is 1. The zero-order valence-electron chi connectivity index (χ0n) is 11.4. The van der Waals surface area contributed by atoms with Gasteiger partial charge in [-0.1, -0.05) is 28.9 Å². The van der Waals surface area contributed by atoms with Gasteiger partial charge in [0.1, 0.15) is 11.6 Å². The van der Waals surface area contributed by atoms with E-state index in [4.69, 9.17) is 4.74 Å². The molecule has 0 aliphatic rings. The Hall–Kier alpha value is -1.46. The van der Waals surface area contributed by atoms with Crippen molar-refractivity contribution >= 4 is 15.9 Å². The Bertz CT molecular complexity index is 604. The van der Waals surface area contributed by atoms with Crippen LogP contribution in [-0.4, -0.2) is 11.5 Å². The summed E-state index contributed by atoms with van der Waals surface area (Å²) in [5, 5.41) is 3.15. The first-order chi connectivity index (χ1) is 9.60. The SMILES string of the molecule is CCNCc1cc(F)cnc1Oc1cc(Br)ccc1C. The van der Waals surface area contributed by atoms with Crippen LogP contribution in [0, 0.1) is 12.7 Å². The summed E-state index contributed by atoms with van der Waals surface area (Å²) < 4.78 is 20.1. The summed E-state index contributed by atoms with van der Waals surface area (Å²) in [5.74, 6) is 0.765. The van der Waals surface area contributed by atoms with E-state index in [1.807, 2.05) is 32.0 Å². The van der Waals surface area contributed by atoms with Crippen LogP contribution in [-0.2, 0) is 6.54 Å². The van der Waals surface area contributed by atoms with Gasteiger partial charge >= 0.3 is 0 Å². The molecule has 0 spiro atoms. The summed E-state index contributed by atoms with van der Waals surface area (Å²) in [6.45, 7) is 5.26. The molecule has 0 aliphatic carbocycles. The molecule has 0 unspecified atom stereocenters. The molecule has 3 nitrogen and oxygen atoms in total. The molecule has 106 valence electrons. The van der Waals surface area contributed by atoms with Gasteiger partial charge in [0.05, 0.1) is 6.20 Å². The molecule has 1 aromatic heterocycles. The second-order valence-corrected chi connectivity index (χ2v) is 5.33. The van der Waals surface area contributed by atoms with Gasteiger partial charge in [-0.25, -0.2) is 9.37 Å². The third-order valence-electron chi connectivity index (χ3n) is 2.81. The Balaban J connectivity index is 2.30. The van der Waals surface area contributed by atoms with Crippen LogP contribution in [0.5, 0.6) is 11.6 Å². The third kappa shape index (κ3) is 3.77. The Labute approximate surface area is 126 Å². The van der Waals surface area contributed by atoms with Gasteiger partial charge in [-0.05, 0) is 37.2 Å². The number of hydrogen-bond donors (Lipinski definition) is 1. The number of hydrogen-bond acceptors (Lipinski definition) is 3. The van der Waals surface area contributed by atoms with Crippen molar-refractivity contribution in [1.82, 2.24) is 10.3 Å². The lowest BCUT2D eigenvalue weighted by Crippen LogP contribution is -2.13. The van der Waals surface area contributed by atoms with Crippen LogP contribution in [0.3, 0.4) is 0 Å². The first kappa shape index (κ1) is 14.9. The third-order valence-corrected chi connectivity index (χ3v) is 3.31. The summed E-state index contributed by atoms with van der Waals surface area (Å²) >= 11 is 3.41. The largest absolute Gasteiger partial charge is 0.438 e. The molecule has 20 heavy (non-hydrogen) atoms. The number of aryl methyl sites for hydroxylation is 1. The molecular weight excluding hydrogens is 323 g/mol. The molecule has 1 N–H and O–H groups in total. The van der Waals surface area contributed by atoms with Crippen molar-refractivity contribution in [3.63, 3.8) is 0 Å². The number of benzene rings is 1. The quantitative estimate of drug-likeness (QED) is 0.887. The molecule has 1 heterocycles. The minimum Gasteiger partial charge on any atom is -0.438 e. The van der Waals surface area contributed by atoms with Gasteiger partial charge in [-0.2, -0.15) is 0 Å². The van der Waals surface area contributed by atoms with Crippen molar-refractivity contribution in [3.8, 4) is 11.6 Å². The van der Waals surface area contributed by atoms with Gasteiger partial charge in [-0.15, -0.1) is 0 Å². The lowest BCUT2D eigenvalue weighted by molar-refractivity contribution is 0.445. The first-order valence-electron chi connectivity index (χ1n) is 6.39. The van der Waals surface area contributed by atoms with Crippen molar-refractivity contribution in [2.45, 2.75) is 20.4 Å². The minimum atomic E-state index is -0.365. The van der Waals surface area contributed by atoms with Crippen LogP contribution in [0.15, 0.2) is 34.9 Å². The molecule has 5 heteroatoms. The number of halogens is 2. The van der Waals surface area contributed by atoms with Crippen molar-refractivity contribution in [3.05, 3.63) is 51.9 Å². The lowest BCUT2D eigenvalue weighted by Gasteiger charge is -2.12. The van der Waals surface area contributed by atoms with Crippen molar-refractivity contribution in [2.75, 3.05) is 6.54 Å². The van der Waals surface area contributed by atoms with Gasteiger partial charge in [0.2, 0.25) is 5.88 Å². The van der Waals surface area contributed by atoms with Crippen LogP contribution in [0.25, 0.3) is 0 Å². The van der Waals surface area contributed by atoms with Crippen LogP contribution < -0.4 is 10.1 Å². The predicted molar refractivity (Wildman–Crippen MR) is 80.5 cm³/mol. The fourth-order valence-electron chi connectivity index (χ4n) is 1.73. The van der Waals surface area contributed by atoms with Gasteiger partial charge < -0.3 is 10.1 Å². The minimum absolute atomic E-state index is 0.365. The van der Waals surface area contributed by atoms with Gasteiger partial charge in [0, 0.05) is 16.6 Å². The molecule has 0 saturated carbocycles. The molecule has 1 aromatic carbocycles. The Kier molecular flexibility index (Phi) is 5.09. The Morgan fingerprint density at radius 3 is 2.90 bits per heavy atom. The molecule has 0 bridgehead atoms. The van der Waals surface area contributed by atoms with Crippen LogP contribution >= 0.6 is 15.9 Å². The summed E-state index contributed by atoms with van der Waals surface area (Å²) in [6.07, 6.45) is 1.16. The maximum absolute atomic E-state index is 13.3. The fourth-order valence-corrected chi connectivity index (χ4v) is 2.07. The van der Waals surface area contributed by atoms with E-state index in [9.17, 15) is 4.39 Å². The predicted octanol–water partition coefficient (Wildman–Crippen LogP) is 4.19. The van der Waals surface area contributed by atoms with E-state index in [-0.39, 0.29) is 5.82 Å². The molecule has 0 aliphatic heterocycles. The molecule has 2 aromatic rings. The average molecular weight is 339 g/mol. The average Bonchev–Trinajstić information content (AvgIpc) is 2.43. The zero-order chi connectivity index (χ0) is 14.5. The van der Waals surface area contributed by atoms with Crippen molar-refractivity contribution in [2.24, 2.45) is 0 Å². The number of rotatable bonds is 5. The summed E-state index contributed by atoms with van der Waals surface area (Å²) in [5.41, 5.74) is 1.69. The summed E-state index contributed by atoms with van der Waals surface area (Å²) in [4.78, 5) is 4.04. The van der Waals surface area contributed by atoms with Crippen LogP contribution in [0.2, 0.25) is 0 Å².